The highest BCUT2D eigenvalue weighted by atomic mass is 35.5. The quantitative estimate of drug-likeness (QED) is 0.548. The van der Waals surface area contributed by atoms with Crippen molar-refractivity contribution in [3.05, 3.63) is 70.3 Å². The molecule has 2 heterocycles. The molecule has 0 spiro atoms. The van der Waals surface area contributed by atoms with Crippen molar-refractivity contribution >= 4 is 35.2 Å². The molecule has 1 aliphatic heterocycles. The first kappa shape index (κ1) is 22.2. The Morgan fingerprint density at radius 1 is 0.938 bits per heavy atom. The van der Waals surface area contributed by atoms with E-state index in [2.05, 4.69) is 5.10 Å². The van der Waals surface area contributed by atoms with Crippen LogP contribution in [0.25, 0.3) is 16.9 Å². The van der Waals surface area contributed by atoms with Crippen molar-refractivity contribution in [2.24, 2.45) is 0 Å². The number of amides is 2. The summed E-state index contributed by atoms with van der Waals surface area (Å²) in [4.78, 5) is 28.8. The van der Waals surface area contributed by atoms with Gasteiger partial charge in [-0.1, -0.05) is 53.5 Å². The third kappa shape index (κ3) is 4.59. The van der Waals surface area contributed by atoms with Crippen molar-refractivity contribution < 1.29 is 14.3 Å². The summed E-state index contributed by atoms with van der Waals surface area (Å²) in [5, 5.41) is 5.49. The van der Waals surface area contributed by atoms with Crippen molar-refractivity contribution in [3.63, 3.8) is 0 Å². The summed E-state index contributed by atoms with van der Waals surface area (Å²) in [6.45, 7) is 3.74. The number of carbonyl (C=O) groups excluding carboxylic acids is 2. The van der Waals surface area contributed by atoms with Gasteiger partial charge in [0.05, 0.1) is 28.0 Å². The van der Waals surface area contributed by atoms with Gasteiger partial charge in [0, 0.05) is 31.7 Å². The minimum Gasteiger partial charge on any atom is -0.450 e. The number of ether oxygens (including phenoxy) is 1. The molecule has 9 heteroatoms. The SMILES string of the molecule is CCOC(=O)N1CCN(C(=O)c2cc(-c3ccccc3)nn2-c2ccc(Cl)c(Cl)c2)CC1. The topological polar surface area (TPSA) is 67.7 Å². The molecule has 1 saturated heterocycles. The Hall–Kier alpha value is -3.03. The van der Waals surface area contributed by atoms with E-state index < -0.39 is 0 Å². The number of benzene rings is 2. The zero-order chi connectivity index (χ0) is 22.7. The molecule has 0 N–H and O–H groups in total. The van der Waals surface area contributed by atoms with E-state index in [1.807, 2.05) is 30.3 Å². The lowest BCUT2D eigenvalue weighted by Crippen LogP contribution is -2.51. The zero-order valence-corrected chi connectivity index (χ0v) is 19.0. The molecular weight excluding hydrogens is 451 g/mol. The Morgan fingerprint density at radius 2 is 1.62 bits per heavy atom. The first-order chi connectivity index (χ1) is 15.5. The van der Waals surface area contributed by atoms with Gasteiger partial charge in [-0.25, -0.2) is 9.48 Å². The number of nitrogens with zero attached hydrogens (tertiary/aromatic N) is 4. The van der Waals surface area contributed by atoms with Gasteiger partial charge in [0.25, 0.3) is 5.91 Å². The molecule has 0 bridgehead atoms. The van der Waals surface area contributed by atoms with Gasteiger partial charge in [-0.3, -0.25) is 4.79 Å². The van der Waals surface area contributed by atoms with Crippen molar-refractivity contribution in [1.82, 2.24) is 19.6 Å². The van der Waals surface area contributed by atoms with Crippen molar-refractivity contribution in [1.29, 1.82) is 0 Å². The Labute approximate surface area is 196 Å². The fraction of sp³-hybridized carbons (Fsp3) is 0.261. The molecule has 166 valence electrons. The van der Waals surface area contributed by atoms with Crippen LogP contribution >= 0.6 is 23.2 Å². The van der Waals surface area contributed by atoms with E-state index in [0.29, 0.717) is 59.9 Å². The molecule has 4 rings (SSSR count). The zero-order valence-electron chi connectivity index (χ0n) is 17.5. The van der Waals surface area contributed by atoms with E-state index in [-0.39, 0.29) is 12.0 Å². The van der Waals surface area contributed by atoms with Crippen LogP contribution in [0.4, 0.5) is 4.79 Å². The lowest BCUT2D eigenvalue weighted by molar-refractivity contribution is 0.0563. The summed E-state index contributed by atoms with van der Waals surface area (Å²) < 4.78 is 6.65. The maximum absolute atomic E-state index is 13.5. The van der Waals surface area contributed by atoms with Crippen molar-refractivity contribution in [3.8, 4) is 16.9 Å². The number of aromatic nitrogens is 2. The first-order valence-corrected chi connectivity index (χ1v) is 11.1. The van der Waals surface area contributed by atoms with E-state index in [9.17, 15) is 9.59 Å². The molecule has 1 aromatic heterocycles. The van der Waals surface area contributed by atoms with Crippen LogP contribution < -0.4 is 0 Å². The van der Waals surface area contributed by atoms with Crippen molar-refractivity contribution in [2.45, 2.75) is 6.92 Å². The van der Waals surface area contributed by atoms with Crippen molar-refractivity contribution in [2.75, 3.05) is 32.8 Å². The molecule has 0 atom stereocenters. The van der Waals surface area contributed by atoms with Gasteiger partial charge in [0.1, 0.15) is 5.69 Å². The fourth-order valence-corrected chi connectivity index (χ4v) is 3.86. The van der Waals surface area contributed by atoms with Gasteiger partial charge in [-0.15, -0.1) is 0 Å². The fourth-order valence-electron chi connectivity index (χ4n) is 3.57. The maximum Gasteiger partial charge on any atom is 0.409 e. The summed E-state index contributed by atoms with van der Waals surface area (Å²) in [7, 11) is 0. The molecule has 32 heavy (non-hydrogen) atoms. The molecule has 1 fully saturated rings. The number of rotatable bonds is 4. The van der Waals surface area contributed by atoms with Crippen LogP contribution in [0.1, 0.15) is 17.4 Å². The highest BCUT2D eigenvalue weighted by Gasteiger charge is 2.28. The predicted molar refractivity (Wildman–Crippen MR) is 124 cm³/mol. The Kier molecular flexibility index (Phi) is 6.67. The molecule has 1 aliphatic rings. The smallest absolute Gasteiger partial charge is 0.409 e. The van der Waals surface area contributed by atoms with E-state index in [1.165, 1.54) is 0 Å². The molecule has 0 radical (unpaired) electrons. The molecule has 0 unspecified atom stereocenters. The standard InChI is InChI=1S/C23H22Cl2N4O3/c1-2-32-23(31)28-12-10-27(11-13-28)22(30)21-15-20(16-6-4-3-5-7-16)26-29(21)17-8-9-18(24)19(25)14-17/h3-9,14-15H,2,10-13H2,1H3. The minimum absolute atomic E-state index is 0.172. The van der Waals surface area contributed by atoms with Crippen LogP contribution in [0.2, 0.25) is 10.0 Å². The van der Waals surface area contributed by atoms with Crippen LogP contribution in [0.5, 0.6) is 0 Å². The van der Waals surface area contributed by atoms with Gasteiger partial charge in [-0.2, -0.15) is 5.10 Å². The third-order valence-electron chi connectivity index (χ3n) is 5.24. The molecule has 0 saturated carbocycles. The Morgan fingerprint density at radius 3 is 2.28 bits per heavy atom. The molecule has 3 aromatic rings. The molecule has 0 aliphatic carbocycles. The normalized spacial score (nSPS) is 13.8. The molecule has 2 amide bonds. The highest BCUT2D eigenvalue weighted by Crippen LogP contribution is 2.27. The predicted octanol–water partition coefficient (Wildman–Crippen LogP) is 4.76. The van der Waals surface area contributed by atoms with E-state index in [1.54, 1.807) is 45.7 Å². The Balaban J connectivity index is 1.65. The van der Waals surface area contributed by atoms with Crippen LogP contribution in [-0.4, -0.2) is 64.4 Å². The molecule has 2 aromatic carbocycles. The lowest BCUT2D eigenvalue weighted by atomic mass is 10.1. The second-order valence-electron chi connectivity index (χ2n) is 7.27. The maximum atomic E-state index is 13.5. The molecule has 7 nitrogen and oxygen atoms in total. The number of carbonyl (C=O) groups is 2. The monoisotopic (exact) mass is 472 g/mol. The Bertz CT molecular complexity index is 1130. The average Bonchev–Trinajstić information content (AvgIpc) is 3.27. The summed E-state index contributed by atoms with van der Waals surface area (Å²) in [5.41, 5.74) is 2.61. The van der Waals surface area contributed by atoms with Gasteiger partial charge in [0.2, 0.25) is 0 Å². The van der Waals surface area contributed by atoms with Crippen LogP contribution in [-0.2, 0) is 4.74 Å². The number of halogens is 2. The van der Waals surface area contributed by atoms with Gasteiger partial charge in [-0.05, 0) is 31.2 Å². The first-order valence-electron chi connectivity index (χ1n) is 10.3. The van der Waals surface area contributed by atoms with E-state index in [0.717, 1.165) is 5.56 Å². The largest absolute Gasteiger partial charge is 0.450 e. The minimum atomic E-state index is -0.355. The third-order valence-corrected chi connectivity index (χ3v) is 5.98. The number of hydrogen-bond acceptors (Lipinski definition) is 4. The summed E-state index contributed by atoms with van der Waals surface area (Å²) in [6, 6.07) is 16.5. The van der Waals surface area contributed by atoms with Crippen LogP contribution in [0.3, 0.4) is 0 Å². The number of hydrogen-bond donors (Lipinski definition) is 0. The second-order valence-corrected chi connectivity index (χ2v) is 8.08. The van der Waals surface area contributed by atoms with Crippen LogP contribution in [0, 0.1) is 0 Å². The summed E-state index contributed by atoms with van der Waals surface area (Å²) in [6.07, 6.45) is -0.355. The van der Waals surface area contributed by atoms with E-state index >= 15 is 0 Å². The second kappa shape index (κ2) is 9.63. The van der Waals surface area contributed by atoms with Gasteiger partial charge < -0.3 is 14.5 Å². The van der Waals surface area contributed by atoms with E-state index in [4.69, 9.17) is 27.9 Å². The van der Waals surface area contributed by atoms with Gasteiger partial charge in [0.15, 0.2) is 0 Å². The van der Waals surface area contributed by atoms with Crippen LogP contribution in [0.15, 0.2) is 54.6 Å². The summed E-state index contributed by atoms with van der Waals surface area (Å²) >= 11 is 12.3. The average molecular weight is 473 g/mol. The molecular formula is C23H22Cl2N4O3. The highest BCUT2D eigenvalue weighted by molar-refractivity contribution is 6.42. The summed E-state index contributed by atoms with van der Waals surface area (Å²) in [5.74, 6) is -0.172. The lowest BCUT2D eigenvalue weighted by Gasteiger charge is -2.34. The number of piperazine rings is 1. The van der Waals surface area contributed by atoms with Gasteiger partial charge >= 0.3 is 6.09 Å².